The van der Waals surface area contributed by atoms with Crippen molar-refractivity contribution in [3.63, 3.8) is 0 Å². The van der Waals surface area contributed by atoms with Crippen LogP contribution in [-0.4, -0.2) is 30.7 Å². The summed E-state index contributed by atoms with van der Waals surface area (Å²) in [4.78, 5) is 0. The minimum Gasteiger partial charge on any atom is -0.505 e. The first kappa shape index (κ1) is 12.7. The van der Waals surface area contributed by atoms with Crippen molar-refractivity contribution in [1.82, 2.24) is 0 Å². The third kappa shape index (κ3) is 1.96. The van der Waals surface area contributed by atoms with E-state index in [2.05, 4.69) is 5.16 Å². The maximum absolute atomic E-state index is 9.72. The molecule has 5 nitrogen and oxygen atoms in total. The molecule has 0 fully saturated rings. The molecule has 7 heteroatoms. The number of halogens is 2. The Kier molecular flexibility index (Phi) is 4.09. The van der Waals surface area contributed by atoms with Crippen LogP contribution in [0.15, 0.2) is 5.16 Å². The Morgan fingerprint density at radius 3 is 2.12 bits per heavy atom. The fraction of sp³-hybridized carbons (Fsp3) is 0.222. The number of rotatable bonds is 3. The molecule has 0 saturated heterocycles. The van der Waals surface area contributed by atoms with Gasteiger partial charge >= 0.3 is 0 Å². The van der Waals surface area contributed by atoms with Gasteiger partial charge in [-0.3, -0.25) is 0 Å². The largest absolute Gasteiger partial charge is 0.505 e. The molecule has 0 bridgehead atoms. The summed E-state index contributed by atoms with van der Waals surface area (Å²) in [6.07, 6.45) is 0.964. The highest BCUT2D eigenvalue weighted by Crippen LogP contribution is 2.47. The van der Waals surface area contributed by atoms with E-state index in [0.29, 0.717) is 0 Å². The van der Waals surface area contributed by atoms with E-state index in [0.717, 1.165) is 6.21 Å². The highest BCUT2D eigenvalue weighted by Gasteiger charge is 2.22. The van der Waals surface area contributed by atoms with E-state index in [4.69, 9.17) is 37.9 Å². The molecule has 1 aromatic rings. The molecule has 1 aromatic carbocycles. The number of phenols is 1. The molecular formula is C9H9Cl2NO4. The van der Waals surface area contributed by atoms with Crippen molar-refractivity contribution >= 4 is 29.4 Å². The van der Waals surface area contributed by atoms with Gasteiger partial charge in [0.2, 0.25) is 0 Å². The highest BCUT2D eigenvalue weighted by molar-refractivity contribution is 6.39. The number of oxime groups is 1. The molecule has 88 valence electrons. The summed E-state index contributed by atoms with van der Waals surface area (Å²) >= 11 is 11.7. The monoisotopic (exact) mass is 265 g/mol. The number of phenolic OH excluding ortho intramolecular Hbond substituents is 1. The summed E-state index contributed by atoms with van der Waals surface area (Å²) in [5.41, 5.74) is 0.0702. The quantitative estimate of drug-likeness (QED) is 0.501. The van der Waals surface area contributed by atoms with Crippen LogP contribution < -0.4 is 9.47 Å². The van der Waals surface area contributed by atoms with Gasteiger partial charge in [0.1, 0.15) is 10.0 Å². The molecule has 0 saturated carbocycles. The zero-order valence-corrected chi connectivity index (χ0v) is 10.0. The summed E-state index contributed by atoms with van der Waals surface area (Å²) in [5.74, 6) is -0.136. The van der Waals surface area contributed by atoms with E-state index in [1.54, 1.807) is 0 Å². The highest BCUT2D eigenvalue weighted by atomic mass is 35.5. The van der Waals surface area contributed by atoms with Gasteiger partial charge in [0, 0.05) is 0 Å². The van der Waals surface area contributed by atoms with Gasteiger partial charge in [-0.25, -0.2) is 0 Å². The maximum Gasteiger partial charge on any atom is 0.163 e. The Balaban J connectivity index is 3.63. The number of hydrogen-bond donors (Lipinski definition) is 2. The lowest BCUT2D eigenvalue weighted by atomic mass is 10.1. The van der Waals surface area contributed by atoms with Gasteiger partial charge in [-0.2, -0.15) is 0 Å². The van der Waals surface area contributed by atoms with E-state index in [1.165, 1.54) is 14.2 Å². The number of aromatic hydroxyl groups is 1. The number of benzene rings is 1. The van der Waals surface area contributed by atoms with Crippen molar-refractivity contribution in [2.45, 2.75) is 0 Å². The first-order valence-electron chi connectivity index (χ1n) is 4.07. The number of hydrogen-bond acceptors (Lipinski definition) is 5. The Labute approximate surface area is 102 Å². The summed E-state index contributed by atoms with van der Waals surface area (Å²) in [6, 6.07) is 0. The van der Waals surface area contributed by atoms with Crippen molar-refractivity contribution < 1.29 is 19.8 Å². The van der Waals surface area contributed by atoms with Crippen molar-refractivity contribution in [3.05, 3.63) is 15.6 Å². The fourth-order valence-electron chi connectivity index (χ4n) is 1.21. The zero-order valence-electron chi connectivity index (χ0n) is 8.49. The van der Waals surface area contributed by atoms with Crippen LogP contribution in [0.4, 0.5) is 0 Å². The Bertz CT molecular complexity index is 434. The van der Waals surface area contributed by atoms with Gasteiger partial charge < -0.3 is 19.8 Å². The van der Waals surface area contributed by atoms with Crippen LogP contribution in [0.25, 0.3) is 0 Å². The molecule has 0 spiro atoms. The predicted octanol–water partition coefficient (Wildman–Crippen LogP) is 2.52. The third-order valence-corrected chi connectivity index (χ3v) is 2.59. The second-order valence-corrected chi connectivity index (χ2v) is 3.46. The maximum atomic E-state index is 9.72. The van der Waals surface area contributed by atoms with Crippen molar-refractivity contribution in [2.75, 3.05) is 14.2 Å². The smallest absolute Gasteiger partial charge is 0.163 e. The van der Waals surface area contributed by atoms with Gasteiger partial charge in [0.15, 0.2) is 17.2 Å². The normalized spacial score (nSPS) is 10.8. The van der Waals surface area contributed by atoms with Crippen molar-refractivity contribution in [1.29, 1.82) is 0 Å². The summed E-state index contributed by atoms with van der Waals surface area (Å²) < 4.78 is 9.90. The molecular weight excluding hydrogens is 257 g/mol. The van der Waals surface area contributed by atoms with Gasteiger partial charge in [0.25, 0.3) is 0 Å². The van der Waals surface area contributed by atoms with Crippen molar-refractivity contribution in [3.8, 4) is 17.2 Å². The third-order valence-electron chi connectivity index (χ3n) is 1.90. The zero-order chi connectivity index (χ0) is 12.3. The number of nitrogens with zero attached hydrogens (tertiary/aromatic N) is 1. The van der Waals surface area contributed by atoms with Crippen molar-refractivity contribution in [2.24, 2.45) is 5.16 Å². The SMILES string of the molecule is COc1c(Cl)c(O)c(C=NO)c(OC)c1Cl. The molecule has 1 rings (SSSR count). The summed E-state index contributed by atoms with van der Waals surface area (Å²) in [6.45, 7) is 0. The second-order valence-electron chi connectivity index (χ2n) is 2.70. The molecule has 2 N–H and O–H groups in total. The van der Waals surface area contributed by atoms with Crippen LogP contribution in [0, 0.1) is 0 Å². The standard InChI is InChI=1S/C9H9Cl2NO4/c1-15-8-4(3-12-14)7(13)5(10)9(16-2)6(8)11/h3,13-14H,1-2H3. The fourth-order valence-corrected chi connectivity index (χ4v) is 1.88. The Morgan fingerprint density at radius 1 is 1.12 bits per heavy atom. The lowest BCUT2D eigenvalue weighted by Crippen LogP contribution is -1.97. The molecule has 0 heterocycles. The first-order chi connectivity index (χ1) is 7.58. The van der Waals surface area contributed by atoms with Crippen LogP contribution in [0.2, 0.25) is 10.0 Å². The molecule has 0 aliphatic rings. The van der Waals surface area contributed by atoms with Gasteiger partial charge in [-0.15, -0.1) is 0 Å². The van der Waals surface area contributed by atoms with Crippen LogP contribution in [0.5, 0.6) is 17.2 Å². The predicted molar refractivity (Wildman–Crippen MR) is 60.6 cm³/mol. The molecule has 16 heavy (non-hydrogen) atoms. The van der Waals surface area contributed by atoms with Crippen LogP contribution in [0.1, 0.15) is 5.56 Å². The minimum absolute atomic E-state index is 0.0702. The molecule has 0 unspecified atom stereocenters. The van der Waals surface area contributed by atoms with Crippen LogP contribution >= 0.6 is 23.2 Å². The van der Waals surface area contributed by atoms with E-state index >= 15 is 0 Å². The van der Waals surface area contributed by atoms with Gasteiger partial charge in [-0.1, -0.05) is 28.4 Å². The van der Waals surface area contributed by atoms with E-state index < -0.39 is 0 Å². The van der Waals surface area contributed by atoms with E-state index in [-0.39, 0.29) is 32.9 Å². The average molecular weight is 266 g/mol. The molecule has 0 aromatic heterocycles. The van der Waals surface area contributed by atoms with E-state index in [1.807, 2.05) is 0 Å². The van der Waals surface area contributed by atoms with Gasteiger partial charge in [0.05, 0.1) is 26.0 Å². The Morgan fingerprint density at radius 2 is 1.69 bits per heavy atom. The summed E-state index contributed by atoms with van der Waals surface area (Å²) in [5, 5.41) is 21.0. The van der Waals surface area contributed by atoms with Gasteiger partial charge in [-0.05, 0) is 0 Å². The second kappa shape index (κ2) is 5.14. The molecule has 0 aliphatic carbocycles. The first-order valence-corrected chi connectivity index (χ1v) is 4.83. The molecule has 0 amide bonds. The van der Waals surface area contributed by atoms with E-state index in [9.17, 15) is 5.11 Å². The number of ether oxygens (including phenoxy) is 2. The minimum atomic E-state index is -0.336. The van der Waals surface area contributed by atoms with Crippen LogP contribution in [0.3, 0.4) is 0 Å². The topological polar surface area (TPSA) is 71.3 Å². The Hall–Kier alpha value is -1.33. The number of methoxy groups -OCH3 is 2. The lowest BCUT2D eigenvalue weighted by Gasteiger charge is -2.14. The summed E-state index contributed by atoms with van der Waals surface area (Å²) in [7, 11) is 2.70. The lowest BCUT2D eigenvalue weighted by molar-refractivity contribution is 0.321. The molecule has 0 aliphatic heterocycles. The average Bonchev–Trinajstić information content (AvgIpc) is 2.27. The molecule has 0 atom stereocenters. The molecule has 0 radical (unpaired) electrons. The van der Waals surface area contributed by atoms with Crippen LogP contribution in [-0.2, 0) is 0 Å².